The van der Waals surface area contributed by atoms with Gasteiger partial charge in [0.05, 0.1) is 27.9 Å². The molecule has 0 bridgehead atoms. The van der Waals surface area contributed by atoms with Crippen LogP contribution in [0.2, 0.25) is 0 Å². The Kier molecular flexibility index (Phi) is 3.33. The minimum absolute atomic E-state index is 0.173. The van der Waals surface area contributed by atoms with Gasteiger partial charge in [0.25, 0.3) is 0 Å². The van der Waals surface area contributed by atoms with E-state index in [0.29, 0.717) is 5.92 Å². The summed E-state index contributed by atoms with van der Waals surface area (Å²) in [5, 5.41) is 4.57. The van der Waals surface area contributed by atoms with Crippen molar-refractivity contribution in [3.05, 3.63) is 28.8 Å². The highest BCUT2D eigenvalue weighted by molar-refractivity contribution is 7.18. The Morgan fingerprint density at radius 2 is 2.33 bits per heavy atom. The highest BCUT2D eigenvalue weighted by atomic mass is 32.1. The lowest BCUT2D eigenvalue weighted by atomic mass is 10.1. The molecule has 2 heterocycles. The summed E-state index contributed by atoms with van der Waals surface area (Å²) >= 11 is 1.79. The van der Waals surface area contributed by atoms with Crippen molar-refractivity contribution < 1.29 is 4.74 Å². The summed E-state index contributed by atoms with van der Waals surface area (Å²) in [6.07, 6.45) is 0.173. The number of fused-ring (bicyclic) bond motifs is 1. The summed E-state index contributed by atoms with van der Waals surface area (Å²) in [7, 11) is 0. The molecular weight excluding hydrogens is 244 g/mol. The second kappa shape index (κ2) is 4.96. The maximum Gasteiger partial charge on any atom is 0.0963 e. The Balaban J connectivity index is 1.94. The van der Waals surface area contributed by atoms with Crippen LogP contribution in [-0.2, 0) is 4.74 Å². The van der Waals surface area contributed by atoms with Crippen LogP contribution in [0.15, 0.2) is 18.2 Å². The molecule has 1 atom stereocenters. The summed E-state index contributed by atoms with van der Waals surface area (Å²) in [5.41, 5.74) is 2.34. The summed E-state index contributed by atoms with van der Waals surface area (Å²) in [6.45, 7) is 7.01. The zero-order valence-electron chi connectivity index (χ0n) is 10.8. The van der Waals surface area contributed by atoms with Crippen molar-refractivity contribution in [3.8, 4) is 0 Å². The molecule has 1 aliphatic rings. The maximum atomic E-state index is 5.78. The van der Waals surface area contributed by atoms with Gasteiger partial charge >= 0.3 is 0 Å². The number of nitrogens with one attached hydrogen (secondary N) is 1. The van der Waals surface area contributed by atoms with Gasteiger partial charge in [0, 0.05) is 19.0 Å². The van der Waals surface area contributed by atoms with Crippen LogP contribution in [0.25, 0.3) is 10.2 Å². The minimum atomic E-state index is 0.173. The van der Waals surface area contributed by atoms with Gasteiger partial charge in [-0.1, -0.05) is 19.9 Å². The third-order valence-corrected chi connectivity index (χ3v) is 4.56. The molecule has 1 saturated heterocycles. The lowest BCUT2D eigenvalue weighted by Crippen LogP contribution is -2.33. The first-order valence-electron chi connectivity index (χ1n) is 6.47. The SMILES string of the molecule is CC(C)c1nc2cc(C3CNCCO3)ccc2s1. The van der Waals surface area contributed by atoms with Crippen LogP contribution in [0, 0.1) is 0 Å². The zero-order chi connectivity index (χ0) is 12.5. The van der Waals surface area contributed by atoms with Crippen LogP contribution in [0.5, 0.6) is 0 Å². The molecule has 0 radical (unpaired) electrons. The predicted molar refractivity (Wildman–Crippen MR) is 75.3 cm³/mol. The molecule has 1 fully saturated rings. The Hall–Kier alpha value is -0.970. The number of ether oxygens (including phenoxy) is 1. The molecule has 0 aliphatic carbocycles. The Bertz CT molecular complexity index is 544. The number of morpholine rings is 1. The van der Waals surface area contributed by atoms with E-state index in [2.05, 4.69) is 37.4 Å². The van der Waals surface area contributed by atoms with Gasteiger partial charge in [-0.15, -0.1) is 11.3 Å². The summed E-state index contributed by atoms with van der Waals surface area (Å²) in [4.78, 5) is 4.71. The van der Waals surface area contributed by atoms with E-state index in [1.165, 1.54) is 15.3 Å². The largest absolute Gasteiger partial charge is 0.371 e. The normalized spacial score (nSPS) is 20.7. The van der Waals surface area contributed by atoms with Crippen LogP contribution in [0.3, 0.4) is 0 Å². The van der Waals surface area contributed by atoms with E-state index >= 15 is 0 Å². The van der Waals surface area contributed by atoms with E-state index in [0.717, 1.165) is 25.2 Å². The fraction of sp³-hybridized carbons (Fsp3) is 0.500. The topological polar surface area (TPSA) is 34.2 Å². The molecule has 1 N–H and O–H groups in total. The number of thiazole rings is 1. The van der Waals surface area contributed by atoms with Gasteiger partial charge in [-0.25, -0.2) is 4.98 Å². The molecule has 18 heavy (non-hydrogen) atoms. The fourth-order valence-corrected chi connectivity index (χ4v) is 3.14. The van der Waals surface area contributed by atoms with Crippen molar-refractivity contribution in [2.75, 3.05) is 19.7 Å². The van der Waals surface area contributed by atoms with Crippen LogP contribution < -0.4 is 5.32 Å². The summed E-state index contributed by atoms with van der Waals surface area (Å²) in [5.74, 6) is 0.499. The Labute approximate surface area is 111 Å². The molecule has 0 amide bonds. The lowest BCUT2D eigenvalue weighted by Gasteiger charge is -2.23. The molecule has 1 aliphatic heterocycles. The van der Waals surface area contributed by atoms with Gasteiger partial charge in [-0.3, -0.25) is 0 Å². The smallest absolute Gasteiger partial charge is 0.0963 e. The average molecular weight is 262 g/mol. The van der Waals surface area contributed by atoms with E-state index in [4.69, 9.17) is 9.72 Å². The highest BCUT2D eigenvalue weighted by Crippen LogP contribution is 2.30. The quantitative estimate of drug-likeness (QED) is 0.903. The first-order valence-corrected chi connectivity index (χ1v) is 7.28. The van der Waals surface area contributed by atoms with Crippen LogP contribution >= 0.6 is 11.3 Å². The molecule has 1 unspecified atom stereocenters. The summed E-state index contributed by atoms with van der Waals surface area (Å²) < 4.78 is 7.05. The average Bonchev–Trinajstić information content (AvgIpc) is 2.82. The zero-order valence-corrected chi connectivity index (χ0v) is 11.6. The molecule has 1 aromatic heterocycles. The Morgan fingerprint density at radius 1 is 1.44 bits per heavy atom. The number of benzene rings is 1. The molecular formula is C14H18N2OS. The molecule has 3 rings (SSSR count). The highest BCUT2D eigenvalue weighted by Gasteiger charge is 2.17. The number of rotatable bonds is 2. The number of hydrogen-bond acceptors (Lipinski definition) is 4. The second-order valence-corrected chi connectivity index (χ2v) is 6.06. The molecule has 4 heteroatoms. The van der Waals surface area contributed by atoms with E-state index in [9.17, 15) is 0 Å². The number of nitrogens with zero attached hydrogens (tertiary/aromatic N) is 1. The molecule has 1 aromatic carbocycles. The fourth-order valence-electron chi connectivity index (χ4n) is 2.19. The van der Waals surface area contributed by atoms with Crippen LogP contribution in [0.1, 0.15) is 36.4 Å². The third kappa shape index (κ3) is 2.28. The van der Waals surface area contributed by atoms with Crippen molar-refractivity contribution in [2.24, 2.45) is 0 Å². The molecule has 96 valence electrons. The first-order chi connectivity index (χ1) is 8.74. The number of aromatic nitrogens is 1. The standard InChI is InChI=1S/C14H18N2OS/c1-9(2)14-16-11-7-10(3-4-13(11)18-14)12-8-15-5-6-17-12/h3-4,7,9,12,15H,5-6,8H2,1-2H3. The van der Waals surface area contributed by atoms with Gasteiger partial charge in [-0.05, 0) is 17.7 Å². The van der Waals surface area contributed by atoms with Crippen molar-refractivity contribution in [1.29, 1.82) is 0 Å². The van der Waals surface area contributed by atoms with Gasteiger partial charge in [0.1, 0.15) is 0 Å². The maximum absolute atomic E-state index is 5.78. The van der Waals surface area contributed by atoms with E-state index < -0.39 is 0 Å². The van der Waals surface area contributed by atoms with Crippen molar-refractivity contribution in [2.45, 2.75) is 25.9 Å². The predicted octanol–water partition coefficient (Wildman–Crippen LogP) is 3.08. The van der Waals surface area contributed by atoms with Crippen molar-refractivity contribution in [3.63, 3.8) is 0 Å². The second-order valence-electron chi connectivity index (χ2n) is 5.00. The molecule has 3 nitrogen and oxygen atoms in total. The number of hydrogen-bond donors (Lipinski definition) is 1. The van der Waals surface area contributed by atoms with Gasteiger partial charge < -0.3 is 10.1 Å². The first kappa shape index (κ1) is 12.1. The summed E-state index contributed by atoms with van der Waals surface area (Å²) in [6, 6.07) is 6.52. The van der Waals surface area contributed by atoms with E-state index in [-0.39, 0.29) is 6.10 Å². The minimum Gasteiger partial charge on any atom is -0.371 e. The van der Waals surface area contributed by atoms with Gasteiger partial charge in [0.15, 0.2) is 0 Å². The monoisotopic (exact) mass is 262 g/mol. The van der Waals surface area contributed by atoms with Crippen molar-refractivity contribution >= 4 is 21.6 Å². The van der Waals surface area contributed by atoms with E-state index in [1.807, 2.05) is 0 Å². The molecule has 2 aromatic rings. The molecule has 0 spiro atoms. The van der Waals surface area contributed by atoms with Crippen molar-refractivity contribution in [1.82, 2.24) is 10.3 Å². The van der Waals surface area contributed by atoms with Crippen LogP contribution in [-0.4, -0.2) is 24.7 Å². The molecule has 0 saturated carbocycles. The van der Waals surface area contributed by atoms with E-state index in [1.54, 1.807) is 11.3 Å². The van der Waals surface area contributed by atoms with Gasteiger partial charge in [0.2, 0.25) is 0 Å². The third-order valence-electron chi connectivity index (χ3n) is 3.22. The lowest BCUT2D eigenvalue weighted by molar-refractivity contribution is 0.0278. The Morgan fingerprint density at radius 3 is 3.06 bits per heavy atom. The van der Waals surface area contributed by atoms with Crippen LogP contribution in [0.4, 0.5) is 0 Å². The van der Waals surface area contributed by atoms with Gasteiger partial charge in [-0.2, -0.15) is 0 Å².